The van der Waals surface area contributed by atoms with Gasteiger partial charge in [-0.25, -0.2) is 13.4 Å². The van der Waals surface area contributed by atoms with Gasteiger partial charge in [0.1, 0.15) is 5.69 Å². The first-order valence-corrected chi connectivity index (χ1v) is 13.0. The molecule has 0 atom stereocenters. The molecule has 1 fully saturated rings. The van der Waals surface area contributed by atoms with Gasteiger partial charge in [-0.2, -0.15) is 0 Å². The van der Waals surface area contributed by atoms with E-state index in [9.17, 15) is 13.2 Å². The number of H-pyrrole nitrogens is 1. The number of rotatable bonds is 8. The van der Waals surface area contributed by atoms with E-state index in [0.717, 1.165) is 29.0 Å². The van der Waals surface area contributed by atoms with Crippen LogP contribution in [0.1, 0.15) is 17.4 Å². The van der Waals surface area contributed by atoms with Crippen molar-refractivity contribution in [1.29, 1.82) is 0 Å². The number of nitrogens with two attached hydrogens (primary N) is 1. The number of nitrogens with one attached hydrogen (secondary N) is 2. The molecule has 4 rings (SSSR count). The first kappa shape index (κ1) is 23.8. The monoisotopic (exact) mass is 485 g/mol. The summed E-state index contributed by atoms with van der Waals surface area (Å²) in [5.74, 6) is 0.713. The molecule has 0 unspecified atom stereocenters. The van der Waals surface area contributed by atoms with Crippen molar-refractivity contribution in [3.05, 3.63) is 48.3 Å². The number of pyridine rings is 1. The Kier molecular flexibility index (Phi) is 6.94. The number of piperazine rings is 1. The summed E-state index contributed by atoms with van der Waals surface area (Å²) in [5.41, 5.74) is 8.13. The van der Waals surface area contributed by atoms with Crippen molar-refractivity contribution in [2.24, 2.45) is 5.73 Å². The van der Waals surface area contributed by atoms with E-state index in [1.807, 2.05) is 18.0 Å². The van der Waals surface area contributed by atoms with Gasteiger partial charge in [-0.3, -0.25) is 9.52 Å². The zero-order valence-electron chi connectivity index (χ0n) is 19.5. The molecule has 1 saturated heterocycles. The highest BCUT2D eigenvalue weighted by Gasteiger charge is 2.25. The van der Waals surface area contributed by atoms with Crippen LogP contribution < -0.4 is 20.3 Å². The van der Waals surface area contributed by atoms with Gasteiger partial charge >= 0.3 is 0 Å². The summed E-state index contributed by atoms with van der Waals surface area (Å²) < 4.78 is 26.5. The second kappa shape index (κ2) is 9.90. The molecule has 1 aromatic carbocycles. The number of benzene rings is 1. The second-order valence-corrected chi connectivity index (χ2v) is 10.2. The van der Waals surface area contributed by atoms with Crippen LogP contribution in [0.25, 0.3) is 10.9 Å². The molecule has 0 radical (unpaired) electrons. The number of anilines is 3. The van der Waals surface area contributed by atoms with Crippen molar-refractivity contribution < 1.29 is 13.2 Å². The van der Waals surface area contributed by atoms with E-state index in [1.54, 1.807) is 30.5 Å². The zero-order chi connectivity index (χ0) is 24.3. The van der Waals surface area contributed by atoms with Crippen LogP contribution in [0.15, 0.2) is 42.6 Å². The van der Waals surface area contributed by atoms with Crippen LogP contribution in [-0.4, -0.2) is 81.3 Å². The number of carbonyl (C=O) groups excluding carboxylic acids is 1. The van der Waals surface area contributed by atoms with E-state index in [4.69, 9.17) is 5.73 Å². The highest BCUT2D eigenvalue weighted by atomic mass is 32.2. The van der Waals surface area contributed by atoms with E-state index in [-0.39, 0.29) is 18.2 Å². The molecule has 3 aromatic rings. The molecule has 34 heavy (non-hydrogen) atoms. The molecule has 182 valence electrons. The summed E-state index contributed by atoms with van der Waals surface area (Å²) in [6.07, 6.45) is 1.80. The molecule has 10 nitrogen and oxygen atoms in total. The Morgan fingerprint density at radius 3 is 2.68 bits per heavy atom. The summed E-state index contributed by atoms with van der Waals surface area (Å²) in [4.78, 5) is 27.1. The molecule has 11 heteroatoms. The number of sulfonamides is 1. The van der Waals surface area contributed by atoms with Crippen molar-refractivity contribution in [2.45, 2.75) is 6.92 Å². The number of carbonyl (C=O) groups is 1. The normalized spacial score (nSPS) is 14.4. The van der Waals surface area contributed by atoms with Crippen LogP contribution in [0.4, 0.5) is 17.2 Å². The molecule has 4 N–H and O–H groups in total. The lowest BCUT2D eigenvalue weighted by atomic mass is 10.2. The lowest BCUT2D eigenvalue weighted by molar-refractivity contribution is 0.0741. The quantitative estimate of drug-likeness (QED) is 0.443. The Hall–Kier alpha value is -3.31. The molecule has 0 aliphatic carbocycles. The van der Waals surface area contributed by atoms with Crippen LogP contribution in [0.5, 0.6) is 0 Å². The Labute approximate surface area is 199 Å². The smallest absolute Gasteiger partial charge is 0.270 e. The molecule has 0 bridgehead atoms. The highest BCUT2D eigenvalue weighted by Crippen LogP contribution is 2.27. The Bertz CT molecular complexity index is 1270. The molecule has 1 aliphatic heterocycles. The van der Waals surface area contributed by atoms with Crippen molar-refractivity contribution in [2.75, 3.05) is 66.6 Å². The lowest BCUT2D eigenvalue weighted by Gasteiger charge is -2.36. The molecule has 3 heterocycles. The summed E-state index contributed by atoms with van der Waals surface area (Å²) in [7, 11) is -1.45. The van der Waals surface area contributed by atoms with Crippen molar-refractivity contribution in [3.8, 4) is 0 Å². The number of hydrogen-bond donors (Lipinski definition) is 3. The maximum absolute atomic E-state index is 13.2. The second-order valence-electron chi connectivity index (χ2n) is 8.33. The maximum Gasteiger partial charge on any atom is 0.270 e. The van der Waals surface area contributed by atoms with Crippen LogP contribution in [0.2, 0.25) is 0 Å². The zero-order valence-corrected chi connectivity index (χ0v) is 20.3. The van der Waals surface area contributed by atoms with Crippen LogP contribution in [0, 0.1) is 0 Å². The summed E-state index contributed by atoms with van der Waals surface area (Å²) in [6.45, 7) is 5.60. The summed E-state index contributed by atoms with van der Waals surface area (Å²) in [6, 6.07) is 10.9. The average Bonchev–Trinajstić information content (AvgIpc) is 3.26. The van der Waals surface area contributed by atoms with Gasteiger partial charge in [-0.05, 0) is 43.3 Å². The first-order valence-electron chi connectivity index (χ1n) is 11.3. The van der Waals surface area contributed by atoms with E-state index in [2.05, 4.69) is 37.5 Å². The minimum Gasteiger partial charge on any atom is -0.372 e. The summed E-state index contributed by atoms with van der Waals surface area (Å²) >= 11 is 0. The predicted octanol–water partition coefficient (Wildman–Crippen LogP) is 1.68. The van der Waals surface area contributed by atoms with Crippen molar-refractivity contribution >= 4 is 44.0 Å². The van der Waals surface area contributed by atoms with E-state index in [1.165, 1.54) is 0 Å². The van der Waals surface area contributed by atoms with Gasteiger partial charge in [-0.1, -0.05) is 0 Å². The van der Waals surface area contributed by atoms with E-state index < -0.39 is 10.0 Å². The van der Waals surface area contributed by atoms with Crippen LogP contribution >= 0.6 is 0 Å². The SMILES string of the molecule is CCN(C)c1cccnc1N1CCN(C(=O)c2cc3cc(NS(=O)(=O)CCN)ccc3[nH]2)CC1. The molecule has 2 aromatic heterocycles. The van der Waals surface area contributed by atoms with Gasteiger partial charge in [0.2, 0.25) is 10.0 Å². The Balaban J connectivity index is 1.45. The molecule has 0 saturated carbocycles. The predicted molar refractivity (Wildman–Crippen MR) is 136 cm³/mol. The minimum absolute atomic E-state index is 0.0462. The number of nitrogens with zero attached hydrogens (tertiary/aromatic N) is 4. The lowest BCUT2D eigenvalue weighted by Crippen LogP contribution is -2.49. The Morgan fingerprint density at radius 1 is 1.21 bits per heavy atom. The van der Waals surface area contributed by atoms with Gasteiger partial charge in [0.05, 0.1) is 11.4 Å². The topological polar surface area (TPSA) is 128 Å². The van der Waals surface area contributed by atoms with E-state index >= 15 is 0 Å². The third-order valence-electron chi connectivity index (χ3n) is 6.03. The molecule has 0 spiro atoms. The van der Waals surface area contributed by atoms with Gasteiger partial charge in [0, 0.05) is 69.1 Å². The standard InChI is InChI=1S/C23H31N7O3S/c1-3-28(2)21-5-4-9-25-22(21)29-10-12-30(13-11-29)23(31)20-16-17-15-18(6-7-19(17)26-20)27-34(32,33)14-8-24/h4-7,9,15-16,26-27H,3,8,10-14,24H2,1-2H3. The number of hydrogen-bond acceptors (Lipinski definition) is 7. The average molecular weight is 486 g/mol. The molecule has 1 aliphatic rings. The van der Waals surface area contributed by atoms with Crippen molar-refractivity contribution in [3.63, 3.8) is 0 Å². The van der Waals surface area contributed by atoms with Crippen molar-refractivity contribution in [1.82, 2.24) is 14.9 Å². The number of aromatic nitrogens is 2. The fourth-order valence-corrected chi connectivity index (χ4v) is 4.99. The van der Waals surface area contributed by atoms with Gasteiger partial charge in [0.25, 0.3) is 5.91 Å². The fraction of sp³-hybridized carbons (Fsp3) is 0.391. The number of fused-ring (bicyclic) bond motifs is 1. The van der Waals surface area contributed by atoms with Gasteiger partial charge < -0.3 is 25.4 Å². The van der Waals surface area contributed by atoms with Crippen LogP contribution in [0.3, 0.4) is 0 Å². The molecule has 1 amide bonds. The minimum atomic E-state index is -3.49. The van der Waals surface area contributed by atoms with Gasteiger partial charge in [0.15, 0.2) is 5.82 Å². The van der Waals surface area contributed by atoms with Gasteiger partial charge in [-0.15, -0.1) is 0 Å². The highest BCUT2D eigenvalue weighted by molar-refractivity contribution is 7.92. The third-order valence-corrected chi connectivity index (χ3v) is 7.35. The third kappa shape index (κ3) is 5.10. The maximum atomic E-state index is 13.2. The number of amides is 1. The molecular formula is C23H31N7O3S. The summed E-state index contributed by atoms with van der Waals surface area (Å²) in [5, 5.41) is 0.760. The van der Waals surface area contributed by atoms with E-state index in [0.29, 0.717) is 37.6 Å². The number of aromatic amines is 1. The van der Waals surface area contributed by atoms with Crippen LogP contribution in [-0.2, 0) is 10.0 Å². The molecular weight excluding hydrogens is 454 g/mol. The largest absolute Gasteiger partial charge is 0.372 e. The Morgan fingerprint density at radius 2 is 1.97 bits per heavy atom. The fourth-order valence-electron chi connectivity index (χ4n) is 4.09. The first-order chi connectivity index (χ1) is 16.3.